The molecule has 0 saturated carbocycles. The molecule has 1 unspecified atom stereocenters. The molecule has 2 aromatic carbocycles. The summed E-state index contributed by atoms with van der Waals surface area (Å²) in [6.07, 6.45) is -0.579. The average Bonchev–Trinajstić information content (AvgIpc) is 2.55. The summed E-state index contributed by atoms with van der Waals surface area (Å²) < 4.78 is 10.5. The number of halogens is 1. The predicted molar refractivity (Wildman–Crippen MR) is 87.7 cm³/mol. The highest BCUT2D eigenvalue weighted by atomic mass is 35.5. The fourth-order valence-electron chi connectivity index (χ4n) is 2.12. The molecule has 0 saturated heterocycles. The van der Waals surface area contributed by atoms with Gasteiger partial charge in [-0.15, -0.1) is 0 Å². The summed E-state index contributed by atoms with van der Waals surface area (Å²) >= 11 is 5.84. The van der Waals surface area contributed by atoms with Crippen molar-refractivity contribution >= 4 is 11.6 Å². The molecule has 0 aliphatic rings. The third-order valence-corrected chi connectivity index (χ3v) is 3.58. The van der Waals surface area contributed by atoms with Gasteiger partial charge in [-0.05, 0) is 35.4 Å². The highest BCUT2D eigenvalue weighted by Gasteiger charge is 2.07. The van der Waals surface area contributed by atoms with Crippen molar-refractivity contribution in [3.05, 3.63) is 58.6 Å². The second-order valence-corrected chi connectivity index (χ2v) is 5.36. The second kappa shape index (κ2) is 8.03. The molecule has 0 amide bonds. The lowest BCUT2D eigenvalue weighted by Crippen LogP contribution is -2.21. The molecule has 22 heavy (non-hydrogen) atoms. The Labute approximate surface area is 135 Å². The molecule has 0 fully saturated rings. The standard InChI is InChI=1S/C17H20ClNO3/c1-21-15-7-12(8-16(9-15)22-2)10-19-11-17(20)13-3-5-14(18)6-4-13/h3-9,17,19-20H,10-11H2,1-2H3. The number of ether oxygens (including phenoxy) is 2. The minimum Gasteiger partial charge on any atom is -0.497 e. The van der Waals surface area contributed by atoms with Crippen molar-refractivity contribution in [2.45, 2.75) is 12.6 Å². The van der Waals surface area contributed by atoms with Gasteiger partial charge in [0.05, 0.1) is 20.3 Å². The number of hydrogen-bond acceptors (Lipinski definition) is 4. The van der Waals surface area contributed by atoms with Crippen LogP contribution in [0.3, 0.4) is 0 Å². The minimum absolute atomic E-state index is 0.446. The maximum absolute atomic E-state index is 10.1. The van der Waals surface area contributed by atoms with Gasteiger partial charge >= 0.3 is 0 Å². The zero-order chi connectivity index (χ0) is 15.9. The van der Waals surface area contributed by atoms with Crippen LogP contribution in [0.4, 0.5) is 0 Å². The first-order valence-corrected chi connectivity index (χ1v) is 7.36. The van der Waals surface area contributed by atoms with Gasteiger partial charge in [0, 0.05) is 24.2 Å². The number of aliphatic hydroxyl groups excluding tert-OH is 1. The van der Waals surface area contributed by atoms with E-state index in [4.69, 9.17) is 21.1 Å². The van der Waals surface area contributed by atoms with Crippen LogP contribution in [0.2, 0.25) is 5.02 Å². The molecule has 5 heteroatoms. The Morgan fingerprint density at radius 1 is 1.05 bits per heavy atom. The Kier molecular flexibility index (Phi) is 6.07. The molecule has 0 aliphatic carbocycles. The van der Waals surface area contributed by atoms with Crippen LogP contribution in [-0.2, 0) is 6.54 Å². The van der Waals surface area contributed by atoms with Crippen LogP contribution in [0.5, 0.6) is 11.5 Å². The number of hydrogen-bond donors (Lipinski definition) is 2. The second-order valence-electron chi connectivity index (χ2n) is 4.92. The van der Waals surface area contributed by atoms with E-state index >= 15 is 0 Å². The topological polar surface area (TPSA) is 50.7 Å². The van der Waals surface area contributed by atoms with Crippen LogP contribution in [0.1, 0.15) is 17.2 Å². The number of methoxy groups -OCH3 is 2. The van der Waals surface area contributed by atoms with Crippen molar-refractivity contribution in [2.75, 3.05) is 20.8 Å². The first kappa shape index (κ1) is 16.6. The highest BCUT2D eigenvalue weighted by molar-refractivity contribution is 6.30. The van der Waals surface area contributed by atoms with E-state index in [0.29, 0.717) is 18.1 Å². The first-order valence-electron chi connectivity index (χ1n) is 6.98. The Bertz CT molecular complexity index is 579. The van der Waals surface area contributed by atoms with E-state index in [2.05, 4.69) is 5.32 Å². The molecule has 2 rings (SSSR count). The largest absolute Gasteiger partial charge is 0.497 e. The summed E-state index contributed by atoms with van der Waals surface area (Å²) in [4.78, 5) is 0. The van der Waals surface area contributed by atoms with Crippen LogP contribution in [0.25, 0.3) is 0 Å². The van der Waals surface area contributed by atoms with Crippen LogP contribution >= 0.6 is 11.6 Å². The Balaban J connectivity index is 1.91. The molecule has 1 atom stereocenters. The normalized spacial score (nSPS) is 12.0. The molecule has 4 nitrogen and oxygen atoms in total. The zero-order valence-corrected chi connectivity index (χ0v) is 13.4. The number of benzene rings is 2. The smallest absolute Gasteiger partial charge is 0.122 e. The summed E-state index contributed by atoms with van der Waals surface area (Å²) in [6, 6.07) is 12.9. The maximum Gasteiger partial charge on any atom is 0.122 e. The lowest BCUT2D eigenvalue weighted by Gasteiger charge is -2.13. The summed E-state index contributed by atoms with van der Waals surface area (Å²) in [5, 5.41) is 14.0. The van der Waals surface area contributed by atoms with Gasteiger partial charge < -0.3 is 19.9 Å². The van der Waals surface area contributed by atoms with Crippen LogP contribution in [0.15, 0.2) is 42.5 Å². The molecule has 2 N–H and O–H groups in total. The van der Waals surface area contributed by atoms with Crippen molar-refractivity contribution in [1.82, 2.24) is 5.32 Å². The molecule has 0 heterocycles. The van der Waals surface area contributed by atoms with Crippen molar-refractivity contribution in [3.8, 4) is 11.5 Å². The number of aliphatic hydroxyl groups is 1. The Morgan fingerprint density at radius 2 is 1.64 bits per heavy atom. The highest BCUT2D eigenvalue weighted by Crippen LogP contribution is 2.22. The first-order chi connectivity index (χ1) is 10.6. The Hall–Kier alpha value is -1.75. The molecule has 0 radical (unpaired) electrons. The monoisotopic (exact) mass is 321 g/mol. The van der Waals surface area contributed by atoms with Gasteiger partial charge in [-0.2, -0.15) is 0 Å². The summed E-state index contributed by atoms with van der Waals surface area (Å²) in [7, 11) is 3.24. The van der Waals surface area contributed by atoms with Crippen molar-refractivity contribution in [2.24, 2.45) is 0 Å². The van der Waals surface area contributed by atoms with Crippen LogP contribution in [-0.4, -0.2) is 25.9 Å². The molecule has 2 aromatic rings. The molecule has 0 bridgehead atoms. The van der Waals surface area contributed by atoms with Gasteiger partial charge in [0.2, 0.25) is 0 Å². The number of nitrogens with one attached hydrogen (secondary N) is 1. The van der Waals surface area contributed by atoms with E-state index in [0.717, 1.165) is 22.6 Å². The molecule has 0 aromatic heterocycles. The molecule has 0 aliphatic heterocycles. The average molecular weight is 322 g/mol. The zero-order valence-electron chi connectivity index (χ0n) is 12.7. The van der Waals surface area contributed by atoms with Crippen molar-refractivity contribution < 1.29 is 14.6 Å². The fourth-order valence-corrected chi connectivity index (χ4v) is 2.25. The predicted octanol–water partition coefficient (Wildman–Crippen LogP) is 3.18. The van der Waals surface area contributed by atoms with E-state index in [-0.39, 0.29) is 0 Å². The van der Waals surface area contributed by atoms with Crippen molar-refractivity contribution in [3.63, 3.8) is 0 Å². The van der Waals surface area contributed by atoms with E-state index in [9.17, 15) is 5.11 Å². The number of rotatable bonds is 7. The van der Waals surface area contributed by atoms with Gasteiger partial charge in [0.15, 0.2) is 0 Å². The van der Waals surface area contributed by atoms with Gasteiger partial charge in [-0.25, -0.2) is 0 Å². The SMILES string of the molecule is COc1cc(CNCC(O)c2ccc(Cl)cc2)cc(OC)c1. The molecular weight excluding hydrogens is 302 g/mol. The van der Waals surface area contributed by atoms with Gasteiger partial charge in [-0.3, -0.25) is 0 Å². The summed E-state index contributed by atoms with van der Waals surface area (Å²) in [5.41, 5.74) is 1.86. The van der Waals surface area contributed by atoms with E-state index < -0.39 is 6.10 Å². The van der Waals surface area contributed by atoms with Gasteiger partial charge in [0.25, 0.3) is 0 Å². The third kappa shape index (κ3) is 4.63. The quantitative estimate of drug-likeness (QED) is 0.822. The lowest BCUT2D eigenvalue weighted by molar-refractivity contribution is 0.174. The van der Waals surface area contributed by atoms with Crippen LogP contribution < -0.4 is 14.8 Å². The summed E-state index contributed by atoms with van der Waals surface area (Å²) in [5.74, 6) is 1.49. The molecule has 118 valence electrons. The van der Waals surface area contributed by atoms with E-state index in [1.165, 1.54) is 0 Å². The maximum atomic E-state index is 10.1. The van der Waals surface area contributed by atoms with Gasteiger partial charge in [-0.1, -0.05) is 23.7 Å². The fraction of sp³-hybridized carbons (Fsp3) is 0.294. The van der Waals surface area contributed by atoms with E-state index in [1.807, 2.05) is 30.3 Å². The Morgan fingerprint density at radius 3 is 2.18 bits per heavy atom. The van der Waals surface area contributed by atoms with Gasteiger partial charge in [0.1, 0.15) is 11.5 Å². The van der Waals surface area contributed by atoms with E-state index in [1.54, 1.807) is 26.4 Å². The minimum atomic E-state index is -0.579. The molecule has 0 spiro atoms. The van der Waals surface area contributed by atoms with Crippen LogP contribution in [0, 0.1) is 0 Å². The lowest BCUT2D eigenvalue weighted by atomic mass is 10.1. The molecular formula is C17H20ClNO3. The van der Waals surface area contributed by atoms with Crippen molar-refractivity contribution in [1.29, 1.82) is 0 Å². The summed E-state index contributed by atoms with van der Waals surface area (Å²) in [6.45, 7) is 1.05. The third-order valence-electron chi connectivity index (χ3n) is 3.33.